The molecule has 4 heteroatoms. The van der Waals surface area contributed by atoms with Gasteiger partial charge in [-0.05, 0) is 66.3 Å². The Labute approximate surface area is 165 Å². The van der Waals surface area contributed by atoms with Gasteiger partial charge < -0.3 is 10.2 Å². The molecule has 1 atom stereocenters. The summed E-state index contributed by atoms with van der Waals surface area (Å²) in [6.45, 7) is 6.50. The molecule has 0 saturated carbocycles. The number of benzene rings is 2. The first-order valence-electron chi connectivity index (χ1n) is 9.14. The Morgan fingerprint density at radius 2 is 1.73 bits per heavy atom. The van der Waals surface area contributed by atoms with Gasteiger partial charge in [0.15, 0.2) is 0 Å². The maximum Gasteiger partial charge on any atom is 0.251 e. The van der Waals surface area contributed by atoms with Gasteiger partial charge in [-0.3, -0.25) is 4.79 Å². The smallest absolute Gasteiger partial charge is 0.251 e. The zero-order valence-corrected chi connectivity index (χ0v) is 17.9. The summed E-state index contributed by atoms with van der Waals surface area (Å²) >= 11 is 3.50. The lowest BCUT2D eigenvalue weighted by molar-refractivity contribution is 0.0936. The standard InChI is InChI=1S/C18H19BrN2O.C4H10/c1-21(2)15-7-3-12(4-8-15)18(22)20-17-10-5-13-11-14(19)6-9-16(13)17;1-4(2)3/h3-4,6-9,11,17H,5,10H2,1-2H3,(H,20,22);4H,1-3H3. The third kappa shape index (κ3) is 5.60. The summed E-state index contributed by atoms with van der Waals surface area (Å²) < 4.78 is 1.09. The van der Waals surface area contributed by atoms with Crippen molar-refractivity contribution in [2.24, 2.45) is 5.92 Å². The molecule has 0 radical (unpaired) electrons. The van der Waals surface area contributed by atoms with Crippen LogP contribution in [0.25, 0.3) is 0 Å². The van der Waals surface area contributed by atoms with Crippen LogP contribution in [-0.4, -0.2) is 20.0 Å². The van der Waals surface area contributed by atoms with Gasteiger partial charge in [0.2, 0.25) is 0 Å². The van der Waals surface area contributed by atoms with Crippen LogP contribution in [0, 0.1) is 5.92 Å². The van der Waals surface area contributed by atoms with E-state index < -0.39 is 0 Å². The van der Waals surface area contributed by atoms with E-state index in [2.05, 4.69) is 54.2 Å². The molecule has 0 aromatic heterocycles. The third-order valence-electron chi connectivity index (χ3n) is 4.13. The van der Waals surface area contributed by atoms with Gasteiger partial charge in [-0.2, -0.15) is 0 Å². The molecule has 3 nitrogen and oxygen atoms in total. The molecule has 2 aromatic carbocycles. The molecule has 1 unspecified atom stereocenters. The highest BCUT2D eigenvalue weighted by molar-refractivity contribution is 9.10. The third-order valence-corrected chi connectivity index (χ3v) is 4.63. The lowest BCUT2D eigenvalue weighted by Crippen LogP contribution is -2.27. The number of amides is 1. The number of fused-ring (bicyclic) bond motifs is 1. The lowest BCUT2D eigenvalue weighted by Gasteiger charge is -2.16. The van der Waals surface area contributed by atoms with Crippen molar-refractivity contribution in [3.8, 4) is 0 Å². The highest BCUT2D eigenvalue weighted by Gasteiger charge is 2.24. The topological polar surface area (TPSA) is 32.3 Å². The van der Waals surface area contributed by atoms with E-state index in [4.69, 9.17) is 0 Å². The van der Waals surface area contributed by atoms with E-state index in [1.807, 2.05) is 49.3 Å². The second-order valence-corrected chi connectivity index (χ2v) is 8.50. The molecule has 1 N–H and O–H groups in total. The van der Waals surface area contributed by atoms with Crippen LogP contribution in [0.3, 0.4) is 0 Å². The molecule has 1 aliphatic carbocycles. The fourth-order valence-corrected chi connectivity index (χ4v) is 3.30. The molecular formula is C22H29BrN2O. The minimum absolute atomic E-state index is 0.00826. The summed E-state index contributed by atoms with van der Waals surface area (Å²) in [6, 6.07) is 14.1. The van der Waals surface area contributed by atoms with Crippen LogP contribution in [0.1, 0.15) is 54.7 Å². The minimum atomic E-state index is -0.00826. The van der Waals surface area contributed by atoms with Gasteiger partial charge in [0.25, 0.3) is 5.91 Å². The largest absolute Gasteiger partial charge is 0.378 e. The average molecular weight is 417 g/mol. The maximum absolute atomic E-state index is 12.4. The van der Waals surface area contributed by atoms with Crippen molar-refractivity contribution in [1.82, 2.24) is 5.32 Å². The summed E-state index contributed by atoms with van der Waals surface area (Å²) in [5.74, 6) is 0.825. The Morgan fingerprint density at radius 1 is 1.12 bits per heavy atom. The fraction of sp³-hybridized carbons (Fsp3) is 0.409. The molecule has 0 aliphatic heterocycles. The highest BCUT2D eigenvalue weighted by Crippen LogP contribution is 2.33. The van der Waals surface area contributed by atoms with Gasteiger partial charge >= 0.3 is 0 Å². The Morgan fingerprint density at radius 3 is 2.31 bits per heavy atom. The minimum Gasteiger partial charge on any atom is -0.378 e. The summed E-state index contributed by atoms with van der Waals surface area (Å²) in [6.07, 6.45) is 1.98. The number of carbonyl (C=O) groups is 1. The molecule has 0 bridgehead atoms. The van der Waals surface area contributed by atoms with Gasteiger partial charge in [-0.1, -0.05) is 42.8 Å². The van der Waals surface area contributed by atoms with Gasteiger partial charge in [0.1, 0.15) is 0 Å². The van der Waals surface area contributed by atoms with Crippen molar-refractivity contribution < 1.29 is 4.79 Å². The van der Waals surface area contributed by atoms with Crippen LogP contribution >= 0.6 is 15.9 Å². The maximum atomic E-state index is 12.4. The number of nitrogens with zero attached hydrogens (tertiary/aromatic N) is 1. The number of hydrogen-bond donors (Lipinski definition) is 1. The molecule has 3 rings (SSSR count). The van der Waals surface area contributed by atoms with Gasteiger partial charge in [0.05, 0.1) is 6.04 Å². The number of hydrogen-bond acceptors (Lipinski definition) is 2. The predicted molar refractivity (Wildman–Crippen MR) is 114 cm³/mol. The van der Waals surface area contributed by atoms with Crippen LogP contribution < -0.4 is 10.2 Å². The van der Waals surface area contributed by atoms with Crippen LogP contribution in [-0.2, 0) is 6.42 Å². The quantitative estimate of drug-likeness (QED) is 0.706. The molecule has 1 amide bonds. The Balaban J connectivity index is 0.000000552. The number of anilines is 1. The fourth-order valence-electron chi connectivity index (χ4n) is 2.89. The summed E-state index contributed by atoms with van der Waals surface area (Å²) in [7, 11) is 3.98. The second kappa shape index (κ2) is 9.22. The van der Waals surface area contributed by atoms with E-state index in [-0.39, 0.29) is 11.9 Å². The van der Waals surface area contributed by atoms with E-state index in [0.717, 1.165) is 28.9 Å². The lowest BCUT2D eigenvalue weighted by atomic mass is 10.1. The molecular weight excluding hydrogens is 388 g/mol. The van der Waals surface area contributed by atoms with Crippen molar-refractivity contribution in [2.45, 2.75) is 39.7 Å². The normalized spacial score (nSPS) is 15.1. The molecule has 2 aromatic rings. The van der Waals surface area contributed by atoms with E-state index >= 15 is 0 Å². The summed E-state index contributed by atoms with van der Waals surface area (Å²) in [5, 5.41) is 3.15. The summed E-state index contributed by atoms with van der Waals surface area (Å²) in [5.41, 5.74) is 4.35. The molecule has 0 heterocycles. The van der Waals surface area contributed by atoms with E-state index in [9.17, 15) is 4.79 Å². The molecule has 26 heavy (non-hydrogen) atoms. The summed E-state index contributed by atoms with van der Waals surface area (Å²) in [4.78, 5) is 14.4. The molecule has 0 spiro atoms. The second-order valence-electron chi connectivity index (χ2n) is 7.58. The van der Waals surface area contributed by atoms with Crippen molar-refractivity contribution in [3.63, 3.8) is 0 Å². The molecule has 0 fully saturated rings. The van der Waals surface area contributed by atoms with Crippen molar-refractivity contribution in [3.05, 3.63) is 63.6 Å². The molecule has 0 saturated heterocycles. The Bertz CT molecular complexity index is 736. The van der Waals surface area contributed by atoms with Gasteiger partial charge in [-0.15, -0.1) is 0 Å². The number of nitrogens with one attached hydrogen (secondary N) is 1. The van der Waals surface area contributed by atoms with E-state index in [0.29, 0.717) is 5.56 Å². The van der Waals surface area contributed by atoms with Crippen LogP contribution in [0.4, 0.5) is 5.69 Å². The van der Waals surface area contributed by atoms with Gasteiger partial charge in [0, 0.05) is 29.8 Å². The van der Waals surface area contributed by atoms with E-state index in [1.54, 1.807) is 0 Å². The number of rotatable bonds is 3. The van der Waals surface area contributed by atoms with Crippen LogP contribution in [0.5, 0.6) is 0 Å². The zero-order valence-electron chi connectivity index (χ0n) is 16.3. The number of carbonyl (C=O) groups excluding carboxylic acids is 1. The van der Waals surface area contributed by atoms with Crippen molar-refractivity contribution in [1.29, 1.82) is 0 Å². The first-order valence-corrected chi connectivity index (χ1v) is 9.93. The van der Waals surface area contributed by atoms with E-state index in [1.165, 1.54) is 11.1 Å². The average Bonchev–Trinajstić information content (AvgIpc) is 2.96. The van der Waals surface area contributed by atoms with Crippen LogP contribution in [0.2, 0.25) is 0 Å². The molecule has 140 valence electrons. The Kier molecular flexibility index (Phi) is 7.27. The van der Waals surface area contributed by atoms with Crippen LogP contribution in [0.15, 0.2) is 46.9 Å². The highest BCUT2D eigenvalue weighted by atomic mass is 79.9. The first kappa shape index (κ1) is 20.5. The predicted octanol–water partition coefficient (Wildman–Crippen LogP) is 5.59. The Hall–Kier alpha value is -1.81. The molecule has 1 aliphatic rings. The monoisotopic (exact) mass is 416 g/mol. The van der Waals surface area contributed by atoms with Gasteiger partial charge in [-0.25, -0.2) is 0 Å². The zero-order chi connectivity index (χ0) is 19.3. The number of halogens is 1. The number of aryl methyl sites for hydroxylation is 1. The van der Waals surface area contributed by atoms with Crippen molar-refractivity contribution in [2.75, 3.05) is 19.0 Å². The van der Waals surface area contributed by atoms with Crippen molar-refractivity contribution >= 4 is 27.5 Å². The first-order chi connectivity index (χ1) is 12.3. The SMILES string of the molecule is CC(C)C.CN(C)c1ccc(C(=O)NC2CCc3cc(Br)ccc32)cc1.